The van der Waals surface area contributed by atoms with E-state index >= 15 is 0 Å². The molecule has 2 bridgehead atoms. The summed E-state index contributed by atoms with van der Waals surface area (Å²) in [6.45, 7) is 2.64. The van der Waals surface area contributed by atoms with Crippen LogP contribution < -0.4 is 10.1 Å². The molecule has 0 amide bonds. The van der Waals surface area contributed by atoms with Gasteiger partial charge in [0, 0.05) is 0 Å². The Morgan fingerprint density at radius 1 is 1.15 bits per heavy atom. The molecule has 1 heterocycles. The Morgan fingerprint density at radius 3 is 2.67 bits per heavy atom. The van der Waals surface area contributed by atoms with Gasteiger partial charge in [-0.25, -0.2) is 4.79 Å². The van der Waals surface area contributed by atoms with E-state index in [1.165, 1.54) is 30.4 Å². The minimum atomic E-state index is -0.855. The van der Waals surface area contributed by atoms with E-state index in [2.05, 4.69) is 23.5 Å². The van der Waals surface area contributed by atoms with Gasteiger partial charge in [0.2, 0.25) is 0 Å². The van der Waals surface area contributed by atoms with Crippen LogP contribution in [0.4, 0.5) is 5.69 Å². The van der Waals surface area contributed by atoms with Crippen molar-refractivity contribution >= 4 is 11.7 Å². The van der Waals surface area contributed by atoms with E-state index in [4.69, 9.17) is 4.74 Å². The van der Waals surface area contributed by atoms with Crippen molar-refractivity contribution in [2.24, 2.45) is 17.8 Å². The third-order valence-electron chi connectivity index (χ3n) is 6.90. The molecule has 0 radical (unpaired) electrons. The van der Waals surface area contributed by atoms with Gasteiger partial charge in [0.15, 0.2) is 0 Å². The van der Waals surface area contributed by atoms with Gasteiger partial charge in [-0.1, -0.05) is 24.3 Å². The second kappa shape index (κ2) is 6.29. The van der Waals surface area contributed by atoms with E-state index in [0.717, 1.165) is 17.4 Å². The van der Waals surface area contributed by atoms with Crippen molar-refractivity contribution < 1.29 is 14.6 Å². The molecule has 0 spiro atoms. The molecule has 27 heavy (non-hydrogen) atoms. The van der Waals surface area contributed by atoms with Crippen LogP contribution in [0, 0.1) is 17.8 Å². The van der Waals surface area contributed by atoms with Crippen LogP contribution in [-0.4, -0.2) is 17.7 Å². The van der Waals surface area contributed by atoms with Gasteiger partial charge >= 0.3 is 5.97 Å². The lowest BCUT2D eigenvalue weighted by Crippen LogP contribution is -2.36. The first kappa shape index (κ1) is 16.7. The summed E-state index contributed by atoms with van der Waals surface area (Å²) in [5, 5.41) is 13.4. The first-order valence-electron chi connectivity index (χ1n) is 10.0. The second-order valence-electron chi connectivity index (χ2n) is 8.14. The van der Waals surface area contributed by atoms with Gasteiger partial charge in [0.1, 0.15) is 5.75 Å². The fourth-order valence-corrected chi connectivity index (χ4v) is 5.96. The predicted molar refractivity (Wildman–Crippen MR) is 104 cm³/mol. The number of para-hydroxylation sites is 1. The lowest BCUT2D eigenvalue weighted by Gasteiger charge is -2.44. The van der Waals surface area contributed by atoms with Crippen molar-refractivity contribution in [1.29, 1.82) is 0 Å². The number of ether oxygens (including phenoxy) is 1. The summed E-state index contributed by atoms with van der Waals surface area (Å²) in [6.07, 6.45) is 3.86. The topological polar surface area (TPSA) is 58.6 Å². The van der Waals surface area contributed by atoms with Gasteiger partial charge in [-0.3, -0.25) is 0 Å². The molecule has 2 aliphatic carbocycles. The fraction of sp³-hybridized carbons (Fsp3) is 0.435. The van der Waals surface area contributed by atoms with Crippen LogP contribution in [0.2, 0.25) is 0 Å². The Morgan fingerprint density at radius 2 is 1.93 bits per heavy atom. The largest absolute Gasteiger partial charge is 0.494 e. The van der Waals surface area contributed by atoms with Gasteiger partial charge in [-0.15, -0.1) is 0 Å². The maximum absolute atomic E-state index is 11.8. The molecule has 0 saturated heterocycles. The van der Waals surface area contributed by atoms with E-state index in [1.54, 1.807) is 6.07 Å². The summed E-state index contributed by atoms with van der Waals surface area (Å²) in [6, 6.07) is 14.3. The molecule has 5 rings (SSSR count). The first-order valence-corrected chi connectivity index (χ1v) is 10.0. The smallest absolute Gasteiger partial charge is 0.337 e. The minimum absolute atomic E-state index is 0.161. The summed E-state index contributed by atoms with van der Waals surface area (Å²) in [5.41, 5.74) is 3.67. The Kier molecular flexibility index (Phi) is 3.88. The molecule has 2 fully saturated rings. The fourth-order valence-electron chi connectivity index (χ4n) is 5.96. The molecule has 0 unspecified atom stereocenters. The molecule has 3 aliphatic rings. The van der Waals surface area contributed by atoms with E-state index in [9.17, 15) is 9.90 Å². The highest BCUT2D eigenvalue weighted by Crippen LogP contribution is 2.64. The zero-order valence-electron chi connectivity index (χ0n) is 15.5. The van der Waals surface area contributed by atoms with Crippen molar-refractivity contribution in [3.8, 4) is 5.75 Å². The third kappa shape index (κ3) is 2.53. The zero-order valence-corrected chi connectivity index (χ0v) is 15.5. The molecular weight excluding hydrogens is 338 g/mol. The van der Waals surface area contributed by atoms with E-state index in [1.807, 2.05) is 25.1 Å². The second-order valence-corrected chi connectivity index (χ2v) is 8.14. The molecular formula is C23H25NO3. The number of aromatic carboxylic acids is 1. The quantitative estimate of drug-likeness (QED) is 0.795. The van der Waals surface area contributed by atoms with Crippen LogP contribution in [0.5, 0.6) is 5.75 Å². The van der Waals surface area contributed by atoms with Crippen LogP contribution in [0.1, 0.15) is 59.6 Å². The van der Waals surface area contributed by atoms with Crippen LogP contribution >= 0.6 is 0 Å². The zero-order chi connectivity index (χ0) is 18.5. The molecule has 2 aromatic carbocycles. The predicted octanol–water partition coefficient (Wildman–Crippen LogP) is 5.08. The number of carboxylic acid groups (broad SMARTS) is 1. The summed E-state index contributed by atoms with van der Waals surface area (Å²) in [4.78, 5) is 11.8. The van der Waals surface area contributed by atoms with Gasteiger partial charge in [-0.05, 0) is 79.2 Å². The lowest BCUT2D eigenvalue weighted by atomic mass is 9.67. The van der Waals surface area contributed by atoms with E-state index in [-0.39, 0.29) is 6.04 Å². The third-order valence-corrected chi connectivity index (χ3v) is 6.90. The van der Waals surface area contributed by atoms with Crippen LogP contribution in [-0.2, 0) is 0 Å². The number of nitrogens with one attached hydrogen (secondary N) is 1. The number of carbonyl (C=O) groups is 1. The van der Waals surface area contributed by atoms with Crippen molar-refractivity contribution in [2.45, 2.75) is 38.1 Å². The molecule has 0 aromatic heterocycles. The monoisotopic (exact) mass is 363 g/mol. The van der Waals surface area contributed by atoms with Gasteiger partial charge in [0.25, 0.3) is 0 Å². The van der Waals surface area contributed by atoms with Gasteiger partial charge in [-0.2, -0.15) is 0 Å². The van der Waals surface area contributed by atoms with Crippen molar-refractivity contribution in [3.05, 3.63) is 59.2 Å². The van der Waals surface area contributed by atoms with E-state index < -0.39 is 5.97 Å². The molecule has 4 heteroatoms. The lowest BCUT2D eigenvalue weighted by molar-refractivity contribution is 0.0697. The van der Waals surface area contributed by atoms with E-state index in [0.29, 0.717) is 29.9 Å². The Bertz CT molecular complexity index is 876. The first-order chi connectivity index (χ1) is 13.2. The number of anilines is 1. The highest BCUT2D eigenvalue weighted by atomic mass is 16.5. The molecule has 4 nitrogen and oxygen atoms in total. The van der Waals surface area contributed by atoms with Gasteiger partial charge in [0.05, 0.1) is 23.9 Å². The summed E-state index contributed by atoms with van der Waals surface area (Å²) < 4.78 is 5.59. The van der Waals surface area contributed by atoms with Crippen LogP contribution in [0.15, 0.2) is 42.5 Å². The van der Waals surface area contributed by atoms with Crippen molar-refractivity contribution in [1.82, 2.24) is 0 Å². The number of fused-ring (bicyclic) bond motifs is 7. The average Bonchev–Trinajstić information content (AvgIpc) is 3.30. The Balaban J connectivity index is 1.59. The highest BCUT2D eigenvalue weighted by molar-refractivity contribution is 5.95. The number of hydrogen-bond acceptors (Lipinski definition) is 3. The molecule has 2 N–H and O–H groups in total. The molecule has 1 aliphatic heterocycles. The van der Waals surface area contributed by atoms with Crippen molar-refractivity contribution in [2.75, 3.05) is 11.9 Å². The summed E-state index contributed by atoms with van der Waals surface area (Å²) >= 11 is 0. The number of hydrogen-bond donors (Lipinski definition) is 2. The minimum Gasteiger partial charge on any atom is -0.494 e. The van der Waals surface area contributed by atoms with Crippen LogP contribution in [0.25, 0.3) is 0 Å². The SMILES string of the molecule is CCOc1ccc([C@@H]2Nc3c(C(=O)O)cccc3[C@H]3[C@H]4CC[C@@H](C4)[C@H]32)cc1. The Labute approximate surface area is 159 Å². The normalized spacial score (nSPS) is 30.3. The van der Waals surface area contributed by atoms with Crippen molar-refractivity contribution in [3.63, 3.8) is 0 Å². The number of rotatable bonds is 4. The summed E-state index contributed by atoms with van der Waals surface area (Å²) in [5.74, 6) is 2.45. The Hall–Kier alpha value is -2.49. The number of benzene rings is 2. The number of carboxylic acids is 1. The van der Waals surface area contributed by atoms with Gasteiger partial charge < -0.3 is 15.2 Å². The standard InChI is InChI=1S/C23H25NO3/c1-2-27-16-10-8-13(9-11-16)21-20-15-7-6-14(12-15)19(20)17-4-3-5-18(23(25)26)22(17)24-21/h3-5,8-11,14-15,19-21,24H,2,6-7,12H2,1H3,(H,25,26)/t14-,15-,19+,20+,21-/m0/s1. The van der Waals surface area contributed by atoms with Crippen LogP contribution in [0.3, 0.4) is 0 Å². The highest BCUT2D eigenvalue weighted by Gasteiger charge is 2.54. The average molecular weight is 363 g/mol. The summed E-state index contributed by atoms with van der Waals surface area (Å²) in [7, 11) is 0. The molecule has 2 aromatic rings. The maximum atomic E-state index is 11.8. The molecule has 5 atom stereocenters. The molecule has 2 saturated carbocycles. The maximum Gasteiger partial charge on any atom is 0.337 e. The molecule has 140 valence electrons.